The van der Waals surface area contributed by atoms with Crippen molar-refractivity contribution in [3.8, 4) is 0 Å². The lowest BCUT2D eigenvalue weighted by Gasteiger charge is -2.38. The largest absolute Gasteiger partial charge is 0.445 e. The van der Waals surface area contributed by atoms with Crippen LogP contribution in [-0.2, 0) is 22.7 Å². The minimum atomic E-state index is -1.15. The smallest absolute Gasteiger partial charge is 0.408 e. The fourth-order valence-corrected chi connectivity index (χ4v) is 3.89. The second kappa shape index (κ2) is 12.7. The van der Waals surface area contributed by atoms with E-state index in [0.29, 0.717) is 5.57 Å². The summed E-state index contributed by atoms with van der Waals surface area (Å²) in [5.74, 6) is -1.35. The Hall–Kier alpha value is -3.40. The molecule has 0 saturated heterocycles. The molecule has 0 fully saturated rings. The SMILES string of the molecule is O=C(NCC1=C[C@H](NC(=O)OCc2ccccc2)[C@@H](O)[C@@H](CO)[C@H]1CO)OCc1ccccc1. The third-order valence-electron chi connectivity index (χ3n) is 5.75. The Morgan fingerprint density at radius 2 is 1.38 bits per heavy atom. The lowest BCUT2D eigenvalue weighted by molar-refractivity contribution is 0.00187. The maximum Gasteiger partial charge on any atom is 0.408 e. The fraction of sp³-hybridized carbons (Fsp3) is 0.360. The number of aliphatic hydroxyl groups excluding tert-OH is 3. The Kier molecular flexibility index (Phi) is 9.45. The van der Waals surface area contributed by atoms with Gasteiger partial charge in [-0.05, 0) is 16.7 Å². The van der Waals surface area contributed by atoms with Gasteiger partial charge >= 0.3 is 12.2 Å². The first-order valence-electron chi connectivity index (χ1n) is 11.0. The summed E-state index contributed by atoms with van der Waals surface area (Å²) in [6, 6.07) is 17.5. The van der Waals surface area contributed by atoms with Crippen LogP contribution in [0.4, 0.5) is 9.59 Å². The number of aliphatic hydroxyl groups is 3. The van der Waals surface area contributed by atoms with Crippen LogP contribution < -0.4 is 10.6 Å². The van der Waals surface area contributed by atoms with Crippen LogP contribution in [0.2, 0.25) is 0 Å². The van der Waals surface area contributed by atoms with E-state index in [0.717, 1.165) is 11.1 Å². The molecular weight excluding hydrogens is 440 g/mol. The minimum absolute atomic E-state index is 0.0132. The number of carbonyl (C=O) groups is 2. The van der Waals surface area contributed by atoms with E-state index in [-0.39, 0.29) is 26.4 Å². The monoisotopic (exact) mass is 470 g/mol. The topological polar surface area (TPSA) is 137 Å². The molecule has 0 aliphatic heterocycles. The van der Waals surface area contributed by atoms with Crippen LogP contribution in [0.25, 0.3) is 0 Å². The summed E-state index contributed by atoms with van der Waals surface area (Å²) in [7, 11) is 0. The number of amides is 2. The van der Waals surface area contributed by atoms with Gasteiger partial charge in [-0.15, -0.1) is 0 Å². The van der Waals surface area contributed by atoms with Gasteiger partial charge in [0.05, 0.1) is 18.8 Å². The standard InChI is InChI=1S/C25H30N2O7/c28-13-20-19(12-26-24(31)33-15-17-7-3-1-4-8-17)11-22(23(30)21(20)14-29)27-25(32)34-16-18-9-5-2-6-10-18/h1-11,20-23,28-30H,12-16H2,(H,26,31)(H,27,32)/t20-,21-,22-,23-/m0/s1. The zero-order valence-corrected chi connectivity index (χ0v) is 18.7. The van der Waals surface area contributed by atoms with E-state index in [2.05, 4.69) is 10.6 Å². The summed E-state index contributed by atoms with van der Waals surface area (Å²) in [6.07, 6.45) is -0.975. The van der Waals surface area contributed by atoms with Gasteiger partial charge in [0.1, 0.15) is 13.2 Å². The Morgan fingerprint density at radius 3 is 1.91 bits per heavy atom. The molecule has 9 nitrogen and oxygen atoms in total. The van der Waals surface area contributed by atoms with E-state index in [4.69, 9.17) is 9.47 Å². The average Bonchev–Trinajstić information content (AvgIpc) is 2.87. The van der Waals surface area contributed by atoms with Crippen LogP contribution in [0, 0.1) is 11.8 Å². The number of carbonyl (C=O) groups excluding carboxylic acids is 2. The molecule has 0 heterocycles. The predicted octanol–water partition coefficient (Wildman–Crippen LogP) is 1.73. The highest BCUT2D eigenvalue weighted by atomic mass is 16.6. The van der Waals surface area contributed by atoms with Gasteiger partial charge in [0.2, 0.25) is 0 Å². The number of ether oxygens (including phenoxy) is 2. The van der Waals surface area contributed by atoms with Crippen LogP contribution in [0.5, 0.6) is 0 Å². The Balaban J connectivity index is 1.60. The van der Waals surface area contributed by atoms with Crippen molar-refractivity contribution in [1.29, 1.82) is 0 Å². The lowest BCUT2D eigenvalue weighted by Crippen LogP contribution is -2.53. The predicted molar refractivity (Wildman–Crippen MR) is 123 cm³/mol. The summed E-state index contributed by atoms with van der Waals surface area (Å²) in [6.45, 7) is -0.590. The van der Waals surface area contributed by atoms with E-state index in [1.807, 2.05) is 60.7 Å². The number of hydrogen-bond acceptors (Lipinski definition) is 7. The summed E-state index contributed by atoms with van der Waals surface area (Å²) in [5, 5.41) is 35.6. The highest BCUT2D eigenvalue weighted by molar-refractivity contribution is 5.69. The van der Waals surface area contributed by atoms with E-state index in [1.54, 1.807) is 6.08 Å². The summed E-state index contributed by atoms with van der Waals surface area (Å²) in [5.41, 5.74) is 2.20. The number of hydrogen-bond donors (Lipinski definition) is 5. The molecule has 2 aromatic rings. The molecule has 3 rings (SSSR count). The van der Waals surface area contributed by atoms with E-state index >= 15 is 0 Å². The highest BCUT2D eigenvalue weighted by Crippen LogP contribution is 2.30. The molecule has 0 saturated carbocycles. The summed E-state index contributed by atoms with van der Waals surface area (Å²) < 4.78 is 10.4. The molecule has 2 aromatic carbocycles. The van der Waals surface area contributed by atoms with Gasteiger partial charge in [-0.25, -0.2) is 9.59 Å². The van der Waals surface area contributed by atoms with Gasteiger partial charge in [-0.2, -0.15) is 0 Å². The number of alkyl carbamates (subject to hydrolysis) is 2. The molecule has 4 atom stereocenters. The van der Waals surface area contributed by atoms with Gasteiger partial charge in [0.15, 0.2) is 0 Å². The molecule has 0 bridgehead atoms. The molecule has 2 amide bonds. The molecule has 0 radical (unpaired) electrons. The number of rotatable bonds is 9. The van der Waals surface area contributed by atoms with Gasteiger partial charge in [-0.3, -0.25) is 0 Å². The third-order valence-corrected chi connectivity index (χ3v) is 5.75. The Morgan fingerprint density at radius 1 is 0.824 bits per heavy atom. The van der Waals surface area contributed by atoms with Crippen LogP contribution in [0.15, 0.2) is 72.3 Å². The maximum atomic E-state index is 12.3. The van der Waals surface area contributed by atoms with E-state index in [1.165, 1.54) is 0 Å². The van der Waals surface area contributed by atoms with Crippen molar-refractivity contribution in [2.24, 2.45) is 11.8 Å². The van der Waals surface area contributed by atoms with Gasteiger partial charge in [-0.1, -0.05) is 66.7 Å². The number of nitrogens with one attached hydrogen (secondary N) is 2. The van der Waals surface area contributed by atoms with Crippen molar-refractivity contribution in [3.63, 3.8) is 0 Å². The van der Waals surface area contributed by atoms with E-state index in [9.17, 15) is 24.9 Å². The van der Waals surface area contributed by atoms with Crippen molar-refractivity contribution >= 4 is 12.2 Å². The molecule has 1 aliphatic carbocycles. The van der Waals surface area contributed by atoms with Crippen LogP contribution >= 0.6 is 0 Å². The first kappa shape index (κ1) is 25.2. The lowest BCUT2D eigenvalue weighted by atomic mass is 9.75. The van der Waals surface area contributed by atoms with Crippen molar-refractivity contribution in [2.75, 3.05) is 19.8 Å². The Labute approximate surface area is 198 Å². The third kappa shape index (κ3) is 7.05. The van der Waals surface area contributed by atoms with Crippen molar-refractivity contribution in [2.45, 2.75) is 25.4 Å². The van der Waals surface area contributed by atoms with Crippen molar-refractivity contribution in [3.05, 3.63) is 83.4 Å². The molecule has 34 heavy (non-hydrogen) atoms. The first-order chi connectivity index (χ1) is 16.5. The molecule has 0 unspecified atom stereocenters. The average molecular weight is 471 g/mol. The summed E-state index contributed by atoms with van der Waals surface area (Å²) in [4.78, 5) is 24.4. The molecule has 1 aliphatic rings. The van der Waals surface area contributed by atoms with Crippen molar-refractivity contribution < 1.29 is 34.4 Å². The second-order valence-corrected chi connectivity index (χ2v) is 8.01. The normalized spacial score (nSPS) is 21.8. The van der Waals surface area contributed by atoms with E-state index < -0.39 is 42.8 Å². The first-order valence-corrected chi connectivity index (χ1v) is 11.0. The van der Waals surface area contributed by atoms with Crippen LogP contribution in [0.1, 0.15) is 11.1 Å². The quantitative estimate of drug-likeness (QED) is 0.352. The van der Waals surface area contributed by atoms with Crippen molar-refractivity contribution in [1.82, 2.24) is 10.6 Å². The fourth-order valence-electron chi connectivity index (χ4n) is 3.89. The van der Waals surface area contributed by atoms with Gasteiger partial charge in [0.25, 0.3) is 0 Å². The summed E-state index contributed by atoms with van der Waals surface area (Å²) >= 11 is 0. The molecule has 0 spiro atoms. The molecular formula is C25H30N2O7. The molecule has 182 valence electrons. The maximum absolute atomic E-state index is 12.3. The molecule has 9 heteroatoms. The van der Waals surface area contributed by atoms with Crippen LogP contribution in [-0.4, -0.2) is 59.4 Å². The number of benzene rings is 2. The zero-order chi connectivity index (χ0) is 24.3. The van der Waals surface area contributed by atoms with Gasteiger partial charge < -0.3 is 35.4 Å². The van der Waals surface area contributed by atoms with Crippen LogP contribution in [0.3, 0.4) is 0 Å². The molecule has 5 N–H and O–H groups in total. The Bertz CT molecular complexity index is 952. The molecule has 0 aromatic heterocycles. The highest BCUT2D eigenvalue weighted by Gasteiger charge is 2.39. The minimum Gasteiger partial charge on any atom is -0.445 e. The zero-order valence-electron chi connectivity index (χ0n) is 18.7. The van der Waals surface area contributed by atoms with Gasteiger partial charge in [0, 0.05) is 25.0 Å². The second-order valence-electron chi connectivity index (χ2n) is 8.01.